The molecule has 6 nitrogen and oxygen atoms in total. The van der Waals surface area contributed by atoms with Crippen molar-refractivity contribution in [1.29, 1.82) is 0 Å². The van der Waals surface area contributed by atoms with Crippen LogP contribution in [0.25, 0.3) is 10.2 Å². The summed E-state index contributed by atoms with van der Waals surface area (Å²) in [6, 6.07) is 15.4. The molecule has 3 aromatic rings. The molecule has 1 N–H and O–H groups in total. The molecule has 0 radical (unpaired) electrons. The molecule has 1 heterocycles. The van der Waals surface area contributed by atoms with Crippen LogP contribution < -0.4 is 9.61 Å². The van der Waals surface area contributed by atoms with Gasteiger partial charge in [0.05, 0.1) is 16.3 Å². The summed E-state index contributed by atoms with van der Waals surface area (Å²) in [5.41, 5.74) is 0.675. The van der Waals surface area contributed by atoms with Gasteiger partial charge in [-0.1, -0.05) is 30.3 Å². The lowest BCUT2D eigenvalue weighted by molar-refractivity contribution is -0.149. The number of rotatable bonds is 7. The molecule has 0 aliphatic heterocycles. The molecule has 28 heavy (non-hydrogen) atoms. The van der Waals surface area contributed by atoms with Gasteiger partial charge in [-0.15, -0.1) is 11.3 Å². The van der Waals surface area contributed by atoms with Crippen molar-refractivity contribution >= 4 is 47.4 Å². The van der Waals surface area contributed by atoms with Gasteiger partial charge in [-0.05, 0) is 57.3 Å². The zero-order chi connectivity index (χ0) is 20.3. The van der Waals surface area contributed by atoms with E-state index in [0.717, 1.165) is 4.70 Å². The second-order valence-corrected chi connectivity index (χ2v) is 9.97. The van der Waals surface area contributed by atoms with Crippen LogP contribution in [0, 0.1) is 3.95 Å². The number of carbonyl (C=O) groups is 1. The van der Waals surface area contributed by atoms with Crippen LogP contribution in [0.4, 0.5) is 0 Å². The van der Waals surface area contributed by atoms with E-state index in [1.165, 1.54) is 15.7 Å². The summed E-state index contributed by atoms with van der Waals surface area (Å²) in [5.74, 6) is -0.113. The van der Waals surface area contributed by atoms with Gasteiger partial charge in [0.1, 0.15) is 11.8 Å². The Hall–Kier alpha value is -1.99. The lowest BCUT2D eigenvalue weighted by Crippen LogP contribution is -2.37. The van der Waals surface area contributed by atoms with Crippen LogP contribution in [0.5, 0.6) is 5.75 Å². The number of hydrogen-bond donors (Lipinski definition) is 1. The summed E-state index contributed by atoms with van der Waals surface area (Å²) in [4.78, 5) is 12.3. The Labute approximate surface area is 172 Å². The van der Waals surface area contributed by atoms with Gasteiger partial charge in [0, 0.05) is 0 Å². The van der Waals surface area contributed by atoms with E-state index >= 15 is 0 Å². The zero-order valence-corrected chi connectivity index (χ0v) is 18.2. The monoisotopic (exact) mass is 436 g/mol. The lowest BCUT2D eigenvalue weighted by atomic mass is 10.3. The Bertz CT molecular complexity index is 1080. The molecule has 0 saturated carbocycles. The quantitative estimate of drug-likeness (QED) is 0.304. The summed E-state index contributed by atoms with van der Waals surface area (Å²) < 4.78 is 27.9. The van der Waals surface area contributed by atoms with Crippen molar-refractivity contribution in [2.45, 2.75) is 32.9 Å². The summed E-state index contributed by atoms with van der Waals surface area (Å²) in [6.45, 7) is 5.10. The number of fused-ring (bicyclic) bond motifs is 1. The summed E-state index contributed by atoms with van der Waals surface area (Å²) in [7, 11) is -3.81. The molecule has 2 aromatic carbocycles. The van der Waals surface area contributed by atoms with Crippen molar-refractivity contribution in [2.24, 2.45) is 0 Å². The normalized spacial score (nSPS) is 14.6. The molecule has 3 rings (SSSR count). The summed E-state index contributed by atoms with van der Waals surface area (Å²) >= 11 is 6.81. The first-order chi connectivity index (χ1) is 13.3. The Kier molecular flexibility index (Phi) is 6.35. The average molecular weight is 436 g/mol. The topological polar surface area (TPSA) is 69.6 Å². The highest BCUT2D eigenvalue weighted by Gasteiger charge is 2.35. The minimum absolute atomic E-state index is 0.282. The minimum Gasteiger partial charge on any atom is -0.462 e. The molecule has 0 bridgehead atoms. The second kappa shape index (κ2) is 8.57. The van der Waals surface area contributed by atoms with Crippen LogP contribution in [-0.4, -0.2) is 22.5 Å². The highest BCUT2D eigenvalue weighted by molar-refractivity contribution is 7.74. The van der Waals surface area contributed by atoms with Crippen molar-refractivity contribution in [1.82, 2.24) is 9.42 Å². The van der Waals surface area contributed by atoms with E-state index in [0.29, 0.717) is 15.2 Å². The molecular formula is C19H21N2O4PS2. The number of benzene rings is 2. The number of aromatic nitrogens is 1. The largest absolute Gasteiger partial charge is 0.462 e. The maximum atomic E-state index is 14.0. The van der Waals surface area contributed by atoms with Crippen LogP contribution >= 0.6 is 31.2 Å². The Balaban J connectivity index is 2.06. The smallest absolute Gasteiger partial charge is 0.426 e. The summed E-state index contributed by atoms with van der Waals surface area (Å²) in [6.07, 6.45) is -0.282. The zero-order valence-electron chi connectivity index (χ0n) is 15.7. The van der Waals surface area contributed by atoms with E-state index < -0.39 is 19.7 Å². The number of para-hydroxylation sites is 2. The SMILES string of the molecule is CC(C)OC(=O)[C@H](C)NP(=O)(Oc1ccccc1)n1c(=S)sc2ccccc21. The van der Waals surface area contributed by atoms with E-state index in [1.807, 2.05) is 30.3 Å². The molecule has 0 saturated heterocycles. The third kappa shape index (κ3) is 4.52. The molecule has 0 fully saturated rings. The van der Waals surface area contributed by atoms with Crippen LogP contribution in [0.1, 0.15) is 20.8 Å². The van der Waals surface area contributed by atoms with E-state index in [-0.39, 0.29) is 6.10 Å². The molecule has 2 atom stereocenters. The third-order valence-electron chi connectivity index (χ3n) is 3.76. The first kappa shape index (κ1) is 20.7. The predicted octanol–water partition coefficient (Wildman–Crippen LogP) is 5.40. The van der Waals surface area contributed by atoms with Gasteiger partial charge >= 0.3 is 13.6 Å². The Morgan fingerprint density at radius 2 is 1.75 bits per heavy atom. The standard InChI is InChI=1S/C19H21N2O4PS2/c1-13(2)24-18(22)14(3)20-26(23,25-15-9-5-4-6-10-15)21-16-11-7-8-12-17(16)28-19(21)27/h4-14H,1-3H3,(H,20,23)/t14-,26?/m0/s1. The molecule has 148 valence electrons. The van der Waals surface area contributed by atoms with Crippen LogP contribution in [0.3, 0.4) is 0 Å². The van der Waals surface area contributed by atoms with Crippen molar-refractivity contribution in [3.8, 4) is 5.75 Å². The van der Waals surface area contributed by atoms with Crippen molar-refractivity contribution in [2.75, 3.05) is 0 Å². The Morgan fingerprint density at radius 3 is 2.43 bits per heavy atom. The fourth-order valence-electron chi connectivity index (χ4n) is 2.58. The third-order valence-corrected chi connectivity index (χ3v) is 7.50. The van der Waals surface area contributed by atoms with Crippen molar-refractivity contribution in [3.05, 3.63) is 58.6 Å². The first-order valence-corrected chi connectivity index (χ1v) is 11.5. The number of hydrogen-bond acceptors (Lipinski definition) is 6. The maximum Gasteiger partial charge on any atom is 0.426 e. The maximum absolute atomic E-state index is 14.0. The number of esters is 1. The van der Waals surface area contributed by atoms with Gasteiger partial charge in [-0.2, -0.15) is 0 Å². The fourth-order valence-corrected chi connectivity index (χ4v) is 6.50. The second-order valence-electron chi connectivity index (χ2n) is 6.41. The molecule has 0 amide bonds. The molecular weight excluding hydrogens is 415 g/mol. The Morgan fingerprint density at radius 1 is 1.11 bits per heavy atom. The van der Waals surface area contributed by atoms with Gasteiger partial charge in [-0.25, -0.2) is 14.0 Å². The van der Waals surface area contributed by atoms with Crippen LogP contribution in [0.15, 0.2) is 54.6 Å². The number of nitrogens with zero attached hydrogens (tertiary/aromatic N) is 1. The van der Waals surface area contributed by atoms with E-state index in [4.69, 9.17) is 21.5 Å². The number of ether oxygens (including phenoxy) is 1. The van der Waals surface area contributed by atoms with Gasteiger partial charge < -0.3 is 9.26 Å². The molecule has 9 heteroatoms. The molecule has 0 aliphatic rings. The van der Waals surface area contributed by atoms with Crippen LogP contribution in [-0.2, 0) is 14.1 Å². The van der Waals surface area contributed by atoms with Crippen molar-refractivity contribution < 1.29 is 18.6 Å². The minimum atomic E-state index is -3.81. The molecule has 1 aromatic heterocycles. The number of nitrogens with one attached hydrogen (secondary N) is 1. The van der Waals surface area contributed by atoms with Gasteiger partial charge in [0.15, 0.2) is 3.95 Å². The van der Waals surface area contributed by atoms with Gasteiger partial charge in [-0.3, -0.25) is 4.79 Å². The average Bonchev–Trinajstić information content (AvgIpc) is 2.98. The van der Waals surface area contributed by atoms with E-state index in [9.17, 15) is 9.36 Å². The first-order valence-electron chi connectivity index (χ1n) is 8.74. The highest BCUT2D eigenvalue weighted by Crippen LogP contribution is 2.49. The highest BCUT2D eigenvalue weighted by atomic mass is 32.1. The summed E-state index contributed by atoms with van der Waals surface area (Å²) in [5, 5.41) is 2.84. The van der Waals surface area contributed by atoms with Gasteiger partial charge in [0.2, 0.25) is 0 Å². The predicted molar refractivity (Wildman–Crippen MR) is 115 cm³/mol. The van der Waals surface area contributed by atoms with Crippen LogP contribution in [0.2, 0.25) is 0 Å². The van der Waals surface area contributed by atoms with E-state index in [1.54, 1.807) is 45.0 Å². The van der Waals surface area contributed by atoms with E-state index in [2.05, 4.69) is 5.09 Å². The number of thiazole rings is 1. The molecule has 0 spiro atoms. The van der Waals surface area contributed by atoms with Gasteiger partial charge in [0.25, 0.3) is 0 Å². The molecule has 1 unspecified atom stereocenters. The number of carbonyl (C=O) groups excluding carboxylic acids is 1. The van der Waals surface area contributed by atoms with Crippen molar-refractivity contribution in [3.63, 3.8) is 0 Å². The fraction of sp³-hybridized carbons (Fsp3) is 0.263. The lowest BCUT2D eigenvalue weighted by Gasteiger charge is -2.25. The molecule has 0 aliphatic carbocycles.